The fraction of sp³-hybridized carbons (Fsp3) is 0.333. The van der Waals surface area contributed by atoms with Gasteiger partial charge in [0.2, 0.25) is 0 Å². The van der Waals surface area contributed by atoms with Crippen molar-refractivity contribution in [2.75, 3.05) is 13.1 Å². The molecule has 0 radical (unpaired) electrons. The van der Waals surface area contributed by atoms with Gasteiger partial charge in [-0.2, -0.15) is 12.7 Å². The Morgan fingerprint density at radius 1 is 1.14 bits per heavy atom. The van der Waals surface area contributed by atoms with Crippen LogP contribution in [-0.4, -0.2) is 41.7 Å². The minimum absolute atomic E-state index is 0.0556. The van der Waals surface area contributed by atoms with Crippen molar-refractivity contribution < 1.29 is 13.6 Å². The zero-order valence-electron chi connectivity index (χ0n) is 20.4. The first kappa shape index (κ1) is 26.3. The predicted molar refractivity (Wildman–Crippen MR) is 143 cm³/mol. The Hall–Kier alpha value is -2.78. The van der Waals surface area contributed by atoms with Crippen LogP contribution in [0.2, 0.25) is 5.02 Å². The molecule has 1 atom stereocenters. The van der Waals surface area contributed by atoms with Gasteiger partial charge in [0.1, 0.15) is 0 Å². The molecule has 1 aromatic heterocycles. The lowest BCUT2D eigenvalue weighted by Crippen LogP contribution is -2.41. The molecule has 1 aliphatic rings. The molecule has 3 aromatic rings. The van der Waals surface area contributed by atoms with Gasteiger partial charge in [-0.25, -0.2) is 5.14 Å². The van der Waals surface area contributed by atoms with Crippen LogP contribution in [0.4, 0.5) is 0 Å². The van der Waals surface area contributed by atoms with Crippen LogP contribution in [0.25, 0.3) is 0 Å². The monoisotopic (exact) mass is 526 g/mol. The van der Waals surface area contributed by atoms with E-state index in [0.717, 1.165) is 40.8 Å². The summed E-state index contributed by atoms with van der Waals surface area (Å²) in [4.78, 5) is 4.25. The number of nitrogens with two attached hydrogens (primary N) is 1. The summed E-state index contributed by atoms with van der Waals surface area (Å²) in [7, 11) is -3.64. The van der Waals surface area contributed by atoms with Gasteiger partial charge in [0, 0.05) is 47.9 Å². The van der Waals surface area contributed by atoms with E-state index in [2.05, 4.69) is 34.4 Å². The van der Waals surface area contributed by atoms with Crippen LogP contribution in [0.3, 0.4) is 0 Å². The molecule has 1 fully saturated rings. The fourth-order valence-electron chi connectivity index (χ4n) is 5.02. The van der Waals surface area contributed by atoms with Crippen molar-refractivity contribution in [3.8, 4) is 0 Å². The summed E-state index contributed by atoms with van der Waals surface area (Å²) < 4.78 is 24.6. The van der Waals surface area contributed by atoms with E-state index in [1.165, 1.54) is 9.87 Å². The molecule has 1 saturated heterocycles. The Labute approximate surface area is 217 Å². The molecule has 2 heterocycles. The molecule has 0 spiro atoms. The van der Waals surface area contributed by atoms with E-state index in [-0.39, 0.29) is 11.8 Å². The molecular formula is C27H31ClN4O3S. The minimum atomic E-state index is -3.64. The largest absolute Gasteiger partial charge is 0.411 e. The van der Waals surface area contributed by atoms with Crippen molar-refractivity contribution in [3.63, 3.8) is 0 Å². The SMILES string of the molecule is Cc1cc(/C(C[C@H](c2ccc(C3CCN(S(N)(=O)=O)CC3)cc2)c2ccc(Cl)cc2C)=N/O)ccn1. The summed E-state index contributed by atoms with van der Waals surface area (Å²) in [6.07, 6.45) is 3.68. The number of aromatic nitrogens is 1. The van der Waals surface area contributed by atoms with Gasteiger partial charge in [-0.15, -0.1) is 0 Å². The standard InChI is InChI=1S/C27H31ClN4O3S/c1-18-15-24(28)7-8-25(18)26(17-27(31-33)23-9-12-30-19(2)16-23)22-5-3-20(4-6-22)21-10-13-32(14-11-21)36(29,34)35/h3-9,12,15-16,21,26,33H,10-11,13-14,17H2,1-2H3,(H2,29,34,35)/b31-27+/t26-/m1/s1. The number of oxime groups is 1. The molecule has 2 aromatic carbocycles. The molecule has 4 rings (SSSR count). The van der Waals surface area contributed by atoms with Gasteiger partial charge in [0.05, 0.1) is 5.71 Å². The molecule has 7 nitrogen and oxygen atoms in total. The Morgan fingerprint density at radius 2 is 1.83 bits per heavy atom. The van der Waals surface area contributed by atoms with E-state index in [1.807, 2.05) is 44.2 Å². The van der Waals surface area contributed by atoms with Crippen molar-refractivity contribution in [3.05, 3.63) is 99.3 Å². The summed E-state index contributed by atoms with van der Waals surface area (Å²) in [6, 6.07) is 18.1. The van der Waals surface area contributed by atoms with Crippen LogP contribution in [0.15, 0.2) is 65.9 Å². The van der Waals surface area contributed by atoms with E-state index in [9.17, 15) is 13.6 Å². The number of piperidine rings is 1. The lowest BCUT2D eigenvalue weighted by Gasteiger charge is -2.30. The number of halogens is 1. The summed E-state index contributed by atoms with van der Waals surface area (Å²) in [5.41, 5.74) is 6.72. The van der Waals surface area contributed by atoms with Gasteiger partial charge in [0.15, 0.2) is 0 Å². The molecular weight excluding hydrogens is 496 g/mol. The number of nitrogens with zero attached hydrogens (tertiary/aromatic N) is 3. The third kappa shape index (κ3) is 6.13. The zero-order valence-corrected chi connectivity index (χ0v) is 22.0. The first-order chi connectivity index (χ1) is 17.2. The van der Waals surface area contributed by atoms with Crippen molar-refractivity contribution in [1.82, 2.24) is 9.29 Å². The average molecular weight is 527 g/mol. The zero-order chi connectivity index (χ0) is 25.9. The molecule has 9 heteroatoms. The maximum atomic E-state index is 11.6. The Bertz CT molecular complexity index is 1350. The number of rotatable bonds is 7. The molecule has 0 saturated carbocycles. The lowest BCUT2D eigenvalue weighted by atomic mass is 9.82. The summed E-state index contributed by atoms with van der Waals surface area (Å²) in [5, 5.41) is 19.5. The van der Waals surface area contributed by atoms with Gasteiger partial charge >= 0.3 is 0 Å². The normalized spacial score (nSPS) is 16.7. The topological polar surface area (TPSA) is 109 Å². The fourth-order valence-corrected chi connectivity index (χ4v) is 5.96. The van der Waals surface area contributed by atoms with Crippen LogP contribution in [0.1, 0.15) is 64.6 Å². The molecule has 1 aliphatic heterocycles. The highest BCUT2D eigenvalue weighted by atomic mass is 35.5. The van der Waals surface area contributed by atoms with E-state index in [4.69, 9.17) is 16.7 Å². The Balaban J connectivity index is 1.62. The lowest BCUT2D eigenvalue weighted by molar-refractivity contribution is 0.317. The predicted octanol–water partition coefficient (Wildman–Crippen LogP) is 5.14. The molecule has 0 bridgehead atoms. The maximum Gasteiger partial charge on any atom is 0.276 e. The van der Waals surface area contributed by atoms with Crippen LogP contribution in [0.5, 0.6) is 0 Å². The van der Waals surface area contributed by atoms with E-state index in [0.29, 0.717) is 30.2 Å². The number of benzene rings is 2. The number of hydrogen-bond acceptors (Lipinski definition) is 5. The van der Waals surface area contributed by atoms with Crippen molar-refractivity contribution in [2.45, 2.75) is 44.9 Å². The summed E-state index contributed by atoms with van der Waals surface area (Å²) in [6.45, 7) is 4.80. The molecule has 190 valence electrons. The van der Waals surface area contributed by atoms with Crippen LogP contribution in [0, 0.1) is 13.8 Å². The molecule has 36 heavy (non-hydrogen) atoms. The first-order valence-electron chi connectivity index (χ1n) is 11.9. The third-order valence-electron chi connectivity index (χ3n) is 6.98. The highest BCUT2D eigenvalue weighted by Gasteiger charge is 2.27. The maximum absolute atomic E-state index is 11.6. The molecule has 0 aliphatic carbocycles. The van der Waals surface area contributed by atoms with Gasteiger partial charge in [-0.1, -0.05) is 47.1 Å². The number of pyridine rings is 1. The second kappa shape index (κ2) is 11.1. The molecule has 0 unspecified atom stereocenters. The van der Waals surface area contributed by atoms with Crippen LogP contribution < -0.4 is 5.14 Å². The second-order valence-corrected chi connectivity index (χ2v) is 11.4. The first-order valence-corrected chi connectivity index (χ1v) is 13.8. The van der Waals surface area contributed by atoms with Gasteiger partial charge in [-0.3, -0.25) is 4.98 Å². The smallest absolute Gasteiger partial charge is 0.276 e. The van der Waals surface area contributed by atoms with Gasteiger partial charge in [0.25, 0.3) is 10.2 Å². The average Bonchev–Trinajstić information content (AvgIpc) is 2.85. The summed E-state index contributed by atoms with van der Waals surface area (Å²) >= 11 is 6.24. The van der Waals surface area contributed by atoms with Crippen LogP contribution >= 0.6 is 11.6 Å². The number of hydrogen-bond donors (Lipinski definition) is 2. The highest BCUT2D eigenvalue weighted by molar-refractivity contribution is 7.86. The van der Waals surface area contributed by atoms with Crippen LogP contribution in [-0.2, 0) is 10.2 Å². The molecule has 3 N–H and O–H groups in total. The van der Waals surface area contributed by atoms with Gasteiger partial charge < -0.3 is 5.21 Å². The highest BCUT2D eigenvalue weighted by Crippen LogP contribution is 2.35. The van der Waals surface area contributed by atoms with E-state index >= 15 is 0 Å². The van der Waals surface area contributed by atoms with E-state index in [1.54, 1.807) is 6.20 Å². The van der Waals surface area contributed by atoms with Crippen molar-refractivity contribution >= 4 is 27.5 Å². The van der Waals surface area contributed by atoms with Crippen molar-refractivity contribution in [2.24, 2.45) is 10.3 Å². The number of aryl methyl sites for hydroxylation is 2. The Kier molecular flexibility index (Phi) is 8.10. The van der Waals surface area contributed by atoms with Gasteiger partial charge in [-0.05, 0) is 79.1 Å². The Morgan fingerprint density at radius 3 is 2.42 bits per heavy atom. The third-order valence-corrected chi connectivity index (χ3v) is 8.30. The van der Waals surface area contributed by atoms with E-state index < -0.39 is 10.2 Å². The van der Waals surface area contributed by atoms with Crippen molar-refractivity contribution in [1.29, 1.82) is 0 Å². The molecule has 0 amide bonds. The minimum Gasteiger partial charge on any atom is -0.411 e. The summed E-state index contributed by atoms with van der Waals surface area (Å²) in [5.74, 6) is 0.224. The second-order valence-electron chi connectivity index (χ2n) is 9.38. The quantitative estimate of drug-likeness (QED) is 0.252.